The summed E-state index contributed by atoms with van der Waals surface area (Å²) < 4.78 is 7.69. The van der Waals surface area contributed by atoms with Crippen LogP contribution in [0.2, 0.25) is 0 Å². The molecule has 0 bridgehead atoms. The standard InChI is InChI=1S/C18H24N6O2/c25-18(15-4-5-17(19-10-15)24-13-20-21-14-24)23-8-3-9-26-16(12-23)11-22-6-1-2-7-22/h4-5,10,13-14,16H,1-3,6-9,11-12H2/t16-/m1/s1. The first-order chi connectivity index (χ1) is 12.8. The number of likely N-dealkylation sites (tertiary alicyclic amines) is 1. The molecule has 0 aliphatic carbocycles. The van der Waals surface area contributed by atoms with Crippen molar-refractivity contribution < 1.29 is 9.53 Å². The Morgan fingerprint density at radius 1 is 1.12 bits per heavy atom. The van der Waals surface area contributed by atoms with Gasteiger partial charge in [0.05, 0.1) is 11.7 Å². The van der Waals surface area contributed by atoms with Crippen LogP contribution in [-0.2, 0) is 4.74 Å². The highest BCUT2D eigenvalue weighted by atomic mass is 16.5. The molecule has 0 unspecified atom stereocenters. The van der Waals surface area contributed by atoms with Gasteiger partial charge in [-0.15, -0.1) is 10.2 Å². The van der Waals surface area contributed by atoms with Crippen molar-refractivity contribution in [2.75, 3.05) is 39.3 Å². The van der Waals surface area contributed by atoms with Crippen LogP contribution >= 0.6 is 0 Å². The van der Waals surface area contributed by atoms with E-state index < -0.39 is 0 Å². The molecule has 0 saturated carbocycles. The van der Waals surface area contributed by atoms with Gasteiger partial charge in [-0.1, -0.05) is 0 Å². The number of carbonyl (C=O) groups excluding carboxylic acids is 1. The minimum atomic E-state index is 0.0183. The largest absolute Gasteiger partial charge is 0.375 e. The summed E-state index contributed by atoms with van der Waals surface area (Å²) in [5, 5.41) is 7.54. The summed E-state index contributed by atoms with van der Waals surface area (Å²) in [4.78, 5) is 21.6. The van der Waals surface area contributed by atoms with Gasteiger partial charge in [-0.3, -0.25) is 9.36 Å². The maximum Gasteiger partial charge on any atom is 0.255 e. The predicted molar refractivity (Wildman–Crippen MR) is 95.1 cm³/mol. The Morgan fingerprint density at radius 3 is 2.65 bits per heavy atom. The fourth-order valence-corrected chi connectivity index (χ4v) is 3.61. The first-order valence-electron chi connectivity index (χ1n) is 9.24. The molecule has 1 atom stereocenters. The molecular formula is C18H24N6O2. The quantitative estimate of drug-likeness (QED) is 0.813. The summed E-state index contributed by atoms with van der Waals surface area (Å²) in [6, 6.07) is 3.62. The van der Waals surface area contributed by atoms with Crippen molar-refractivity contribution in [1.82, 2.24) is 29.5 Å². The van der Waals surface area contributed by atoms with Gasteiger partial charge >= 0.3 is 0 Å². The number of carbonyl (C=O) groups is 1. The lowest BCUT2D eigenvalue weighted by atomic mass is 10.2. The summed E-state index contributed by atoms with van der Waals surface area (Å²) in [5.41, 5.74) is 0.601. The molecule has 1 amide bonds. The van der Waals surface area contributed by atoms with Crippen LogP contribution in [0.5, 0.6) is 0 Å². The van der Waals surface area contributed by atoms with Crippen LogP contribution in [0.15, 0.2) is 31.0 Å². The van der Waals surface area contributed by atoms with E-state index in [1.54, 1.807) is 23.4 Å². The fraction of sp³-hybridized carbons (Fsp3) is 0.556. The summed E-state index contributed by atoms with van der Waals surface area (Å²) in [6.45, 7) is 5.28. The summed E-state index contributed by atoms with van der Waals surface area (Å²) >= 11 is 0. The van der Waals surface area contributed by atoms with Gasteiger partial charge in [-0.05, 0) is 44.5 Å². The van der Waals surface area contributed by atoms with Crippen LogP contribution in [-0.4, -0.2) is 80.9 Å². The van der Waals surface area contributed by atoms with Crippen LogP contribution in [0, 0.1) is 0 Å². The maximum absolute atomic E-state index is 12.9. The molecule has 2 aromatic heterocycles. The molecule has 138 valence electrons. The number of ether oxygens (including phenoxy) is 1. The van der Waals surface area contributed by atoms with E-state index in [-0.39, 0.29) is 12.0 Å². The van der Waals surface area contributed by atoms with E-state index in [0.29, 0.717) is 24.5 Å². The Balaban J connectivity index is 1.42. The molecule has 2 aliphatic rings. The van der Waals surface area contributed by atoms with Crippen LogP contribution < -0.4 is 0 Å². The van der Waals surface area contributed by atoms with Gasteiger partial charge in [0, 0.05) is 32.4 Å². The topological polar surface area (TPSA) is 76.4 Å². The van der Waals surface area contributed by atoms with E-state index in [1.165, 1.54) is 12.8 Å². The molecule has 8 nitrogen and oxygen atoms in total. The van der Waals surface area contributed by atoms with Crippen molar-refractivity contribution in [3.8, 4) is 5.82 Å². The lowest BCUT2D eigenvalue weighted by molar-refractivity contribution is 0.0297. The number of hydrogen-bond acceptors (Lipinski definition) is 6. The number of hydrogen-bond donors (Lipinski definition) is 0. The van der Waals surface area contributed by atoms with Crippen LogP contribution in [0.4, 0.5) is 0 Å². The number of amides is 1. The molecule has 0 N–H and O–H groups in total. The molecular weight excluding hydrogens is 332 g/mol. The summed E-state index contributed by atoms with van der Waals surface area (Å²) in [7, 11) is 0. The van der Waals surface area contributed by atoms with Crippen molar-refractivity contribution in [2.45, 2.75) is 25.4 Å². The maximum atomic E-state index is 12.9. The zero-order valence-electron chi connectivity index (χ0n) is 14.8. The van der Waals surface area contributed by atoms with E-state index in [2.05, 4.69) is 20.1 Å². The van der Waals surface area contributed by atoms with E-state index >= 15 is 0 Å². The normalized spacial score (nSPS) is 21.7. The first kappa shape index (κ1) is 17.1. The van der Waals surface area contributed by atoms with Gasteiger partial charge in [0.25, 0.3) is 5.91 Å². The van der Waals surface area contributed by atoms with E-state index in [4.69, 9.17) is 4.74 Å². The monoisotopic (exact) mass is 356 g/mol. The highest BCUT2D eigenvalue weighted by Gasteiger charge is 2.26. The average Bonchev–Trinajstić information content (AvgIpc) is 3.33. The van der Waals surface area contributed by atoms with E-state index in [1.807, 2.05) is 17.0 Å². The van der Waals surface area contributed by atoms with Crippen molar-refractivity contribution in [3.05, 3.63) is 36.5 Å². The average molecular weight is 356 g/mol. The Kier molecular flexibility index (Phi) is 5.21. The zero-order valence-corrected chi connectivity index (χ0v) is 14.8. The molecule has 4 rings (SSSR count). The molecule has 4 heterocycles. The predicted octanol–water partition coefficient (Wildman–Crippen LogP) is 0.989. The van der Waals surface area contributed by atoms with Crippen molar-refractivity contribution in [3.63, 3.8) is 0 Å². The van der Waals surface area contributed by atoms with Crippen LogP contribution in [0.3, 0.4) is 0 Å². The van der Waals surface area contributed by atoms with Crippen molar-refractivity contribution in [1.29, 1.82) is 0 Å². The smallest absolute Gasteiger partial charge is 0.255 e. The summed E-state index contributed by atoms with van der Waals surface area (Å²) in [6.07, 6.45) is 8.27. The Morgan fingerprint density at radius 2 is 1.92 bits per heavy atom. The van der Waals surface area contributed by atoms with Crippen molar-refractivity contribution >= 4 is 5.91 Å². The molecule has 2 aromatic rings. The Hall–Kier alpha value is -2.32. The molecule has 26 heavy (non-hydrogen) atoms. The van der Waals surface area contributed by atoms with Gasteiger partial charge in [0.15, 0.2) is 0 Å². The number of rotatable bonds is 4. The van der Waals surface area contributed by atoms with Gasteiger partial charge in [0.2, 0.25) is 0 Å². The number of pyridine rings is 1. The van der Waals surface area contributed by atoms with Gasteiger partial charge in [-0.2, -0.15) is 0 Å². The highest BCUT2D eigenvalue weighted by Crippen LogP contribution is 2.15. The molecule has 2 aliphatic heterocycles. The Labute approximate surface area is 152 Å². The highest BCUT2D eigenvalue weighted by molar-refractivity contribution is 5.94. The molecule has 8 heteroatoms. The second-order valence-electron chi connectivity index (χ2n) is 6.88. The second-order valence-corrected chi connectivity index (χ2v) is 6.88. The third-order valence-corrected chi connectivity index (χ3v) is 4.98. The van der Waals surface area contributed by atoms with Gasteiger partial charge in [-0.25, -0.2) is 4.98 Å². The van der Waals surface area contributed by atoms with E-state index in [0.717, 1.165) is 32.6 Å². The van der Waals surface area contributed by atoms with Gasteiger partial charge in [0.1, 0.15) is 18.5 Å². The first-order valence-corrected chi connectivity index (χ1v) is 9.24. The second kappa shape index (κ2) is 7.92. The summed E-state index contributed by atoms with van der Waals surface area (Å²) in [5.74, 6) is 0.711. The minimum absolute atomic E-state index is 0.0183. The van der Waals surface area contributed by atoms with Crippen molar-refractivity contribution in [2.24, 2.45) is 0 Å². The Bertz CT molecular complexity index is 712. The molecule has 0 radical (unpaired) electrons. The third kappa shape index (κ3) is 3.91. The molecule has 2 fully saturated rings. The molecule has 2 saturated heterocycles. The van der Waals surface area contributed by atoms with Crippen LogP contribution in [0.1, 0.15) is 29.6 Å². The lowest BCUT2D eigenvalue weighted by Gasteiger charge is -2.27. The SMILES string of the molecule is O=C(c1ccc(-n2cnnc2)nc1)N1CCCO[C@H](CN2CCCC2)C1. The van der Waals surface area contributed by atoms with Crippen LogP contribution in [0.25, 0.3) is 5.82 Å². The zero-order chi connectivity index (χ0) is 17.8. The van der Waals surface area contributed by atoms with Gasteiger partial charge < -0.3 is 14.5 Å². The number of nitrogens with zero attached hydrogens (tertiary/aromatic N) is 6. The third-order valence-electron chi connectivity index (χ3n) is 4.98. The molecule has 0 spiro atoms. The fourth-order valence-electron chi connectivity index (χ4n) is 3.61. The van der Waals surface area contributed by atoms with E-state index in [9.17, 15) is 4.79 Å². The molecule has 0 aromatic carbocycles. The minimum Gasteiger partial charge on any atom is -0.375 e. The number of aromatic nitrogens is 4. The lowest BCUT2D eigenvalue weighted by Crippen LogP contribution is -2.41.